The highest BCUT2D eigenvalue weighted by Gasteiger charge is 2.18. The summed E-state index contributed by atoms with van der Waals surface area (Å²) >= 11 is 6.29. The SMILES string of the molecule is CN(Cc1cc(Cl)c2c(c1)OCCO2)CC1CCCNC1. The number of fused-ring (bicyclic) bond motifs is 1. The smallest absolute Gasteiger partial charge is 0.179 e. The minimum absolute atomic E-state index is 0.570. The maximum absolute atomic E-state index is 6.29. The Balaban J connectivity index is 1.62. The first-order valence-corrected chi connectivity index (χ1v) is 8.07. The van der Waals surface area contributed by atoms with Gasteiger partial charge in [-0.3, -0.25) is 0 Å². The van der Waals surface area contributed by atoms with Crippen LogP contribution in [0.3, 0.4) is 0 Å². The van der Waals surface area contributed by atoms with Crippen LogP contribution in [0, 0.1) is 5.92 Å². The average Bonchev–Trinajstić information content (AvgIpc) is 2.48. The lowest BCUT2D eigenvalue weighted by Crippen LogP contribution is -2.36. The molecule has 0 bridgehead atoms. The standard InChI is InChI=1S/C16H23ClN2O2/c1-19(10-12-3-2-4-18-9-12)11-13-7-14(17)16-15(8-13)20-5-6-21-16/h7-8,12,18H,2-6,9-11H2,1H3. The molecule has 0 saturated carbocycles. The van der Waals surface area contributed by atoms with E-state index in [1.807, 2.05) is 6.07 Å². The molecule has 21 heavy (non-hydrogen) atoms. The van der Waals surface area contributed by atoms with E-state index in [-0.39, 0.29) is 0 Å². The third kappa shape index (κ3) is 3.82. The lowest BCUT2D eigenvalue weighted by atomic mass is 9.99. The maximum atomic E-state index is 6.29. The van der Waals surface area contributed by atoms with Crippen LogP contribution in [0.15, 0.2) is 12.1 Å². The average molecular weight is 311 g/mol. The molecule has 2 aliphatic rings. The van der Waals surface area contributed by atoms with Crippen LogP contribution in [0.5, 0.6) is 11.5 Å². The molecule has 0 spiro atoms. The fraction of sp³-hybridized carbons (Fsp3) is 0.625. The van der Waals surface area contributed by atoms with Crippen molar-refractivity contribution in [1.82, 2.24) is 10.2 Å². The number of hydrogen-bond donors (Lipinski definition) is 1. The Bertz CT molecular complexity index is 489. The summed E-state index contributed by atoms with van der Waals surface area (Å²) < 4.78 is 11.2. The Hall–Kier alpha value is -0.970. The van der Waals surface area contributed by atoms with Crippen molar-refractivity contribution < 1.29 is 9.47 Å². The topological polar surface area (TPSA) is 33.7 Å². The van der Waals surface area contributed by atoms with Crippen molar-refractivity contribution in [2.45, 2.75) is 19.4 Å². The highest BCUT2D eigenvalue weighted by molar-refractivity contribution is 6.32. The number of rotatable bonds is 4. The molecule has 0 aromatic heterocycles. The largest absolute Gasteiger partial charge is 0.486 e. The summed E-state index contributed by atoms with van der Waals surface area (Å²) in [6.45, 7) is 5.45. The fourth-order valence-electron chi connectivity index (χ4n) is 3.15. The number of nitrogens with one attached hydrogen (secondary N) is 1. The zero-order valence-corrected chi connectivity index (χ0v) is 13.3. The summed E-state index contributed by atoms with van der Waals surface area (Å²) in [5.41, 5.74) is 1.18. The summed E-state index contributed by atoms with van der Waals surface area (Å²) in [7, 11) is 2.17. The number of nitrogens with zero attached hydrogens (tertiary/aromatic N) is 1. The molecule has 0 amide bonds. The van der Waals surface area contributed by atoms with Crippen LogP contribution < -0.4 is 14.8 Å². The molecule has 1 saturated heterocycles. The Morgan fingerprint density at radius 1 is 1.33 bits per heavy atom. The number of benzene rings is 1. The van der Waals surface area contributed by atoms with Crippen molar-refractivity contribution in [2.24, 2.45) is 5.92 Å². The minimum atomic E-state index is 0.570. The molecule has 1 unspecified atom stereocenters. The van der Waals surface area contributed by atoms with Crippen LogP contribution in [0.25, 0.3) is 0 Å². The molecule has 0 aliphatic carbocycles. The molecule has 1 aromatic rings. The van der Waals surface area contributed by atoms with Crippen molar-refractivity contribution >= 4 is 11.6 Å². The van der Waals surface area contributed by atoms with Crippen molar-refractivity contribution in [1.29, 1.82) is 0 Å². The highest BCUT2D eigenvalue weighted by Crippen LogP contribution is 2.38. The number of ether oxygens (including phenoxy) is 2. The zero-order chi connectivity index (χ0) is 14.7. The first-order valence-electron chi connectivity index (χ1n) is 7.69. The van der Waals surface area contributed by atoms with E-state index in [1.54, 1.807) is 0 Å². The number of piperidine rings is 1. The van der Waals surface area contributed by atoms with Crippen molar-refractivity contribution in [3.8, 4) is 11.5 Å². The van der Waals surface area contributed by atoms with Gasteiger partial charge in [-0.25, -0.2) is 0 Å². The Labute approximate surface area is 131 Å². The Morgan fingerprint density at radius 2 is 2.19 bits per heavy atom. The molecular formula is C16H23ClN2O2. The molecule has 5 heteroatoms. The first-order chi connectivity index (χ1) is 10.2. The molecule has 3 rings (SSSR count). The van der Waals surface area contributed by atoms with Crippen molar-refractivity contribution in [3.63, 3.8) is 0 Å². The number of hydrogen-bond acceptors (Lipinski definition) is 4. The highest BCUT2D eigenvalue weighted by atomic mass is 35.5. The van der Waals surface area contributed by atoms with Crippen molar-refractivity contribution in [3.05, 3.63) is 22.7 Å². The van der Waals surface area contributed by atoms with Gasteiger partial charge in [0.05, 0.1) is 5.02 Å². The Morgan fingerprint density at radius 3 is 3.00 bits per heavy atom. The first kappa shape index (κ1) is 14.9. The molecule has 116 valence electrons. The van der Waals surface area contributed by atoms with E-state index in [2.05, 4.69) is 23.3 Å². The predicted octanol–water partition coefficient (Wildman–Crippen LogP) is 2.54. The summed E-state index contributed by atoms with van der Waals surface area (Å²) in [5.74, 6) is 2.21. The van der Waals surface area contributed by atoms with Crippen LogP contribution in [0.2, 0.25) is 5.02 Å². The van der Waals surface area contributed by atoms with Gasteiger partial charge in [0.25, 0.3) is 0 Å². The van der Waals surface area contributed by atoms with Crippen LogP contribution in [-0.2, 0) is 6.54 Å². The van der Waals surface area contributed by atoms with E-state index in [4.69, 9.17) is 21.1 Å². The monoisotopic (exact) mass is 310 g/mol. The van der Waals surface area contributed by atoms with E-state index in [0.29, 0.717) is 24.0 Å². The van der Waals surface area contributed by atoms with Gasteiger partial charge in [0, 0.05) is 13.1 Å². The van der Waals surface area contributed by atoms with Gasteiger partial charge in [0.1, 0.15) is 13.2 Å². The lowest BCUT2D eigenvalue weighted by molar-refractivity contribution is 0.171. The third-order valence-electron chi connectivity index (χ3n) is 4.08. The van der Waals surface area contributed by atoms with Gasteiger partial charge in [0.15, 0.2) is 11.5 Å². The molecule has 1 fully saturated rings. The van der Waals surface area contributed by atoms with Gasteiger partial charge in [-0.15, -0.1) is 0 Å². The molecule has 2 heterocycles. The van der Waals surface area contributed by atoms with Crippen LogP contribution in [0.4, 0.5) is 0 Å². The summed E-state index contributed by atoms with van der Waals surface area (Å²) in [5, 5.41) is 4.12. The molecule has 1 N–H and O–H groups in total. The second-order valence-electron chi connectivity index (χ2n) is 6.01. The second kappa shape index (κ2) is 6.86. The van der Waals surface area contributed by atoms with Crippen LogP contribution >= 0.6 is 11.6 Å². The summed E-state index contributed by atoms with van der Waals surface area (Å²) in [6.07, 6.45) is 2.60. The van der Waals surface area contributed by atoms with Crippen LogP contribution in [-0.4, -0.2) is 44.8 Å². The quantitative estimate of drug-likeness (QED) is 0.926. The van der Waals surface area contributed by atoms with E-state index >= 15 is 0 Å². The molecule has 4 nitrogen and oxygen atoms in total. The van der Waals surface area contributed by atoms with Gasteiger partial charge in [0.2, 0.25) is 0 Å². The van der Waals surface area contributed by atoms with Gasteiger partial charge >= 0.3 is 0 Å². The maximum Gasteiger partial charge on any atom is 0.179 e. The molecular weight excluding hydrogens is 288 g/mol. The lowest BCUT2D eigenvalue weighted by Gasteiger charge is -2.28. The van der Waals surface area contributed by atoms with Gasteiger partial charge < -0.3 is 19.7 Å². The van der Waals surface area contributed by atoms with E-state index in [0.717, 1.165) is 37.8 Å². The van der Waals surface area contributed by atoms with E-state index in [1.165, 1.54) is 18.4 Å². The van der Waals surface area contributed by atoms with Gasteiger partial charge in [-0.1, -0.05) is 11.6 Å². The zero-order valence-electron chi connectivity index (χ0n) is 12.5. The number of halogens is 1. The third-order valence-corrected chi connectivity index (χ3v) is 4.36. The summed E-state index contributed by atoms with van der Waals surface area (Å²) in [6, 6.07) is 4.04. The molecule has 1 aromatic carbocycles. The van der Waals surface area contributed by atoms with E-state index in [9.17, 15) is 0 Å². The van der Waals surface area contributed by atoms with Gasteiger partial charge in [-0.2, -0.15) is 0 Å². The fourth-order valence-corrected chi connectivity index (χ4v) is 3.44. The van der Waals surface area contributed by atoms with Crippen molar-refractivity contribution in [2.75, 3.05) is 39.9 Å². The molecule has 0 radical (unpaired) electrons. The normalized spacial score (nSPS) is 21.6. The molecule has 1 atom stereocenters. The predicted molar refractivity (Wildman–Crippen MR) is 84.4 cm³/mol. The van der Waals surface area contributed by atoms with Crippen LogP contribution in [0.1, 0.15) is 18.4 Å². The van der Waals surface area contributed by atoms with E-state index < -0.39 is 0 Å². The minimum Gasteiger partial charge on any atom is -0.486 e. The molecule has 2 aliphatic heterocycles. The summed E-state index contributed by atoms with van der Waals surface area (Å²) in [4.78, 5) is 2.36. The second-order valence-corrected chi connectivity index (χ2v) is 6.42. The Kier molecular flexibility index (Phi) is 4.88. The van der Waals surface area contributed by atoms with Gasteiger partial charge in [-0.05, 0) is 56.6 Å².